The second-order valence-corrected chi connectivity index (χ2v) is 5.71. The lowest BCUT2D eigenvalue weighted by Crippen LogP contribution is -2.46. The van der Waals surface area contributed by atoms with Crippen LogP contribution in [0, 0.1) is 17.1 Å². The fourth-order valence-corrected chi connectivity index (χ4v) is 3.13. The average Bonchev–Trinajstić information content (AvgIpc) is 3.01. The minimum atomic E-state index is -0.445. The second-order valence-electron chi connectivity index (χ2n) is 4.99. The summed E-state index contributed by atoms with van der Waals surface area (Å²) < 4.78 is 13.7. The van der Waals surface area contributed by atoms with Crippen LogP contribution in [0.1, 0.15) is 11.3 Å². The number of nitriles is 1. The Morgan fingerprint density at radius 1 is 1.29 bits per heavy atom. The summed E-state index contributed by atoms with van der Waals surface area (Å²) in [6, 6.07) is 6.78. The molecule has 3 rings (SSSR count). The first-order valence-electron chi connectivity index (χ1n) is 6.81. The first kappa shape index (κ1) is 14.0. The normalized spacial score (nSPS) is 15.9. The lowest BCUT2D eigenvalue weighted by atomic mass is 10.1. The van der Waals surface area contributed by atoms with Gasteiger partial charge in [0.1, 0.15) is 17.4 Å². The second kappa shape index (κ2) is 6.20. The zero-order chi connectivity index (χ0) is 14.7. The molecule has 6 heteroatoms. The van der Waals surface area contributed by atoms with Gasteiger partial charge in [0.2, 0.25) is 0 Å². The van der Waals surface area contributed by atoms with Crippen molar-refractivity contribution in [2.24, 2.45) is 0 Å². The summed E-state index contributed by atoms with van der Waals surface area (Å²) in [7, 11) is 0. The highest BCUT2D eigenvalue weighted by Gasteiger charge is 2.21. The highest BCUT2D eigenvalue weighted by atomic mass is 32.1. The summed E-state index contributed by atoms with van der Waals surface area (Å²) in [6.45, 7) is 4.22. The quantitative estimate of drug-likeness (QED) is 0.873. The van der Waals surface area contributed by atoms with Crippen LogP contribution in [0.3, 0.4) is 0 Å². The third kappa shape index (κ3) is 3.04. The van der Waals surface area contributed by atoms with Crippen LogP contribution in [0.15, 0.2) is 29.1 Å². The Labute approximate surface area is 127 Å². The predicted octanol–water partition coefficient (Wildman–Crippen LogP) is 2.48. The zero-order valence-electron chi connectivity index (χ0n) is 11.5. The number of hydrogen-bond donors (Lipinski definition) is 0. The van der Waals surface area contributed by atoms with Gasteiger partial charge in [0.25, 0.3) is 0 Å². The molecule has 1 aliphatic rings. The predicted molar refractivity (Wildman–Crippen MR) is 80.7 cm³/mol. The van der Waals surface area contributed by atoms with Crippen molar-refractivity contribution < 1.29 is 4.39 Å². The number of halogens is 1. The number of nitrogens with zero attached hydrogens (tertiary/aromatic N) is 4. The molecule has 4 nitrogen and oxygen atoms in total. The molecule has 108 valence electrons. The van der Waals surface area contributed by atoms with Crippen molar-refractivity contribution >= 4 is 17.0 Å². The van der Waals surface area contributed by atoms with E-state index in [9.17, 15) is 4.39 Å². The first-order chi connectivity index (χ1) is 10.3. The van der Waals surface area contributed by atoms with Gasteiger partial charge in [-0.3, -0.25) is 4.90 Å². The lowest BCUT2D eigenvalue weighted by Gasteiger charge is -2.36. The van der Waals surface area contributed by atoms with Gasteiger partial charge >= 0.3 is 0 Å². The molecule has 0 aliphatic carbocycles. The van der Waals surface area contributed by atoms with Crippen LogP contribution in [-0.2, 0) is 6.54 Å². The van der Waals surface area contributed by atoms with Crippen LogP contribution in [0.25, 0.3) is 0 Å². The molecule has 0 radical (unpaired) electrons. The van der Waals surface area contributed by atoms with Crippen molar-refractivity contribution in [3.05, 3.63) is 46.2 Å². The Kier molecular flexibility index (Phi) is 4.13. The highest BCUT2D eigenvalue weighted by Crippen LogP contribution is 2.24. The molecule has 0 saturated carbocycles. The Morgan fingerprint density at radius 2 is 2.10 bits per heavy atom. The molecule has 1 fully saturated rings. The van der Waals surface area contributed by atoms with Crippen LogP contribution in [0.4, 0.5) is 10.1 Å². The molecule has 1 aromatic carbocycles. The molecule has 0 spiro atoms. The molecule has 1 aromatic heterocycles. The molecule has 2 heterocycles. The maximum absolute atomic E-state index is 13.7. The van der Waals surface area contributed by atoms with Crippen LogP contribution in [0.2, 0.25) is 0 Å². The van der Waals surface area contributed by atoms with Gasteiger partial charge in [-0.15, -0.1) is 11.3 Å². The Morgan fingerprint density at radius 3 is 2.76 bits per heavy atom. The van der Waals surface area contributed by atoms with Gasteiger partial charge in [-0.05, 0) is 12.1 Å². The molecular weight excluding hydrogens is 287 g/mol. The molecule has 0 amide bonds. The van der Waals surface area contributed by atoms with Crippen molar-refractivity contribution in [1.29, 1.82) is 5.26 Å². The van der Waals surface area contributed by atoms with Crippen molar-refractivity contribution in [2.75, 3.05) is 31.1 Å². The molecule has 0 bridgehead atoms. The van der Waals surface area contributed by atoms with E-state index in [0.717, 1.165) is 38.4 Å². The minimum Gasteiger partial charge on any atom is -0.368 e. The van der Waals surface area contributed by atoms with Crippen molar-refractivity contribution in [3.8, 4) is 6.07 Å². The van der Waals surface area contributed by atoms with E-state index in [1.807, 2.05) is 17.6 Å². The van der Waals surface area contributed by atoms with Gasteiger partial charge < -0.3 is 4.90 Å². The summed E-state index contributed by atoms with van der Waals surface area (Å²) >= 11 is 1.61. The maximum Gasteiger partial charge on any atom is 0.143 e. The van der Waals surface area contributed by atoms with Crippen LogP contribution < -0.4 is 4.90 Å². The summed E-state index contributed by atoms with van der Waals surface area (Å²) in [5, 5.41) is 11.2. The van der Waals surface area contributed by atoms with E-state index in [1.165, 1.54) is 6.07 Å². The van der Waals surface area contributed by atoms with Crippen molar-refractivity contribution in [1.82, 2.24) is 9.88 Å². The monoisotopic (exact) mass is 302 g/mol. The fourth-order valence-electron chi connectivity index (χ4n) is 2.58. The van der Waals surface area contributed by atoms with E-state index in [4.69, 9.17) is 5.26 Å². The smallest absolute Gasteiger partial charge is 0.143 e. The number of rotatable bonds is 3. The number of benzene rings is 1. The first-order valence-corrected chi connectivity index (χ1v) is 7.75. The topological polar surface area (TPSA) is 43.2 Å². The van der Waals surface area contributed by atoms with Gasteiger partial charge in [-0.1, -0.05) is 6.07 Å². The average molecular weight is 302 g/mol. The van der Waals surface area contributed by atoms with E-state index in [1.54, 1.807) is 17.4 Å². The summed E-state index contributed by atoms with van der Waals surface area (Å²) in [5.41, 5.74) is 3.78. The summed E-state index contributed by atoms with van der Waals surface area (Å²) in [4.78, 5) is 8.71. The molecule has 0 unspecified atom stereocenters. The SMILES string of the molecule is N#Cc1c(F)cccc1N1CCN(Cc2cscn2)CC1. The Bertz CT molecular complexity index is 642. The molecule has 1 aliphatic heterocycles. The summed E-state index contributed by atoms with van der Waals surface area (Å²) in [5.74, 6) is -0.445. The number of aromatic nitrogens is 1. The molecular formula is C15H15FN4S. The van der Waals surface area contributed by atoms with Crippen molar-refractivity contribution in [2.45, 2.75) is 6.54 Å². The van der Waals surface area contributed by atoms with E-state index in [2.05, 4.69) is 20.2 Å². The standard InChI is InChI=1S/C15H15FN4S/c16-14-2-1-3-15(13(14)8-17)20-6-4-19(5-7-20)9-12-10-21-11-18-12/h1-3,10-11H,4-7,9H2. The Hall–Kier alpha value is -1.97. The van der Waals surface area contributed by atoms with Crippen molar-refractivity contribution in [3.63, 3.8) is 0 Å². The maximum atomic E-state index is 13.7. The molecule has 1 saturated heterocycles. The molecule has 0 atom stereocenters. The van der Waals surface area contributed by atoms with E-state index >= 15 is 0 Å². The third-order valence-corrected chi connectivity index (χ3v) is 4.32. The van der Waals surface area contributed by atoms with E-state index < -0.39 is 5.82 Å². The fraction of sp³-hybridized carbons (Fsp3) is 0.333. The van der Waals surface area contributed by atoms with E-state index in [0.29, 0.717) is 5.69 Å². The van der Waals surface area contributed by atoms with Gasteiger partial charge in [-0.25, -0.2) is 9.37 Å². The third-order valence-electron chi connectivity index (χ3n) is 3.69. The summed E-state index contributed by atoms with van der Waals surface area (Å²) in [6.07, 6.45) is 0. The number of anilines is 1. The van der Waals surface area contributed by atoms with Crippen LogP contribution in [0.5, 0.6) is 0 Å². The minimum absolute atomic E-state index is 0.144. The molecule has 2 aromatic rings. The highest BCUT2D eigenvalue weighted by molar-refractivity contribution is 7.07. The van der Waals surface area contributed by atoms with Gasteiger partial charge in [0, 0.05) is 38.1 Å². The van der Waals surface area contributed by atoms with Crippen LogP contribution >= 0.6 is 11.3 Å². The zero-order valence-corrected chi connectivity index (χ0v) is 12.3. The van der Waals surface area contributed by atoms with Crippen LogP contribution in [-0.4, -0.2) is 36.1 Å². The van der Waals surface area contributed by atoms with Gasteiger partial charge in [-0.2, -0.15) is 5.26 Å². The van der Waals surface area contributed by atoms with E-state index in [-0.39, 0.29) is 5.56 Å². The number of thiazole rings is 1. The van der Waals surface area contributed by atoms with Gasteiger partial charge in [0.15, 0.2) is 0 Å². The lowest BCUT2D eigenvalue weighted by molar-refractivity contribution is 0.247. The number of hydrogen-bond acceptors (Lipinski definition) is 5. The number of piperazine rings is 1. The largest absolute Gasteiger partial charge is 0.368 e. The molecule has 21 heavy (non-hydrogen) atoms. The molecule has 0 N–H and O–H groups in total. The Balaban J connectivity index is 1.66. The van der Waals surface area contributed by atoms with Gasteiger partial charge in [0.05, 0.1) is 16.9 Å².